The molecule has 0 bridgehead atoms. The fourth-order valence-electron chi connectivity index (χ4n) is 1.16. The summed E-state index contributed by atoms with van der Waals surface area (Å²) in [6.07, 6.45) is 4.88. The third-order valence-electron chi connectivity index (χ3n) is 1.94. The first kappa shape index (κ1) is 10.8. The summed E-state index contributed by atoms with van der Waals surface area (Å²) in [5.74, 6) is 0.906. The second-order valence-electron chi connectivity index (χ2n) is 3.06. The smallest absolute Gasteiger partial charge is 0.119 e. The van der Waals surface area contributed by atoms with Gasteiger partial charge in [0.15, 0.2) is 0 Å². The Hall–Kier alpha value is -1.28. The van der Waals surface area contributed by atoms with Gasteiger partial charge >= 0.3 is 0 Å². The summed E-state index contributed by atoms with van der Waals surface area (Å²) in [5, 5.41) is 0. The maximum absolute atomic E-state index is 5.46. The molecular weight excluding hydrogens is 174 g/mol. The Bertz CT molecular complexity index is 277. The van der Waals surface area contributed by atoms with Crippen LogP contribution in [0.15, 0.2) is 36.4 Å². The molecule has 2 heteroatoms. The molecule has 2 N–H and O–H groups in total. The van der Waals surface area contributed by atoms with E-state index in [1.807, 2.05) is 31.2 Å². The monoisotopic (exact) mass is 191 g/mol. The minimum absolute atomic E-state index is 0.632. The molecule has 0 aliphatic rings. The molecule has 0 saturated carbocycles. The zero-order valence-electron chi connectivity index (χ0n) is 8.57. The van der Waals surface area contributed by atoms with Crippen molar-refractivity contribution in [2.75, 3.05) is 13.2 Å². The quantitative estimate of drug-likeness (QED) is 0.724. The molecule has 1 aromatic carbocycles. The number of ether oxygens (including phenoxy) is 1. The van der Waals surface area contributed by atoms with Crippen LogP contribution < -0.4 is 10.5 Å². The van der Waals surface area contributed by atoms with Crippen molar-refractivity contribution >= 4 is 0 Å². The van der Waals surface area contributed by atoms with Crippen LogP contribution in [0.2, 0.25) is 0 Å². The van der Waals surface area contributed by atoms with Gasteiger partial charge in [-0.15, -0.1) is 0 Å². The van der Waals surface area contributed by atoms with Crippen LogP contribution in [0.4, 0.5) is 0 Å². The summed E-state index contributed by atoms with van der Waals surface area (Å²) in [6, 6.07) is 8.07. The van der Waals surface area contributed by atoms with E-state index in [1.54, 1.807) is 0 Å². The fraction of sp³-hybridized carbons (Fsp3) is 0.333. The standard InChI is InChI=1S/C12H17NO/c1-2-3-10-14-12-6-4-11(5-7-12)8-9-13/h2-7H,8-10,13H2,1H3/b3-2+. The highest BCUT2D eigenvalue weighted by molar-refractivity contribution is 5.27. The maximum atomic E-state index is 5.46. The molecular formula is C12H17NO. The van der Waals surface area contributed by atoms with Crippen LogP contribution in [-0.4, -0.2) is 13.2 Å². The molecule has 0 unspecified atom stereocenters. The summed E-state index contributed by atoms with van der Waals surface area (Å²) in [5.41, 5.74) is 6.71. The first-order valence-corrected chi connectivity index (χ1v) is 4.89. The van der Waals surface area contributed by atoms with Crippen LogP contribution >= 0.6 is 0 Å². The van der Waals surface area contributed by atoms with Crippen LogP contribution in [0.25, 0.3) is 0 Å². The first-order valence-electron chi connectivity index (χ1n) is 4.89. The van der Waals surface area contributed by atoms with Gasteiger partial charge in [-0.3, -0.25) is 0 Å². The average molecular weight is 191 g/mol. The van der Waals surface area contributed by atoms with Gasteiger partial charge in [-0.2, -0.15) is 0 Å². The Kier molecular flexibility index (Phi) is 4.79. The molecule has 76 valence electrons. The zero-order valence-corrected chi connectivity index (χ0v) is 8.57. The number of nitrogens with two attached hydrogens (primary N) is 1. The Morgan fingerprint density at radius 1 is 1.29 bits per heavy atom. The van der Waals surface area contributed by atoms with Gasteiger partial charge < -0.3 is 10.5 Å². The van der Waals surface area contributed by atoms with Gasteiger partial charge in [-0.05, 0) is 37.6 Å². The predicted molar refractivity (Wildman–Crippen MR) is 59.5 cm³/mol. The molecule has 0 radical (unpaired) electrons. The highest BCUT2D eigenvalue weighted by Gasteiger charge is 1.93. The number of benzene rings is 1. The maximum Gasteiger partial charge on any atom is 0.119 e. The second-order valence-corrected chi connectivity index (χ2v) is 3.06. The molecule has 0 aliphatic carbocycles. The first-order chi connectivity index (χ1) is 6.86. The normalized spacial score (nSPS) is 10.7. The number of allylic oxidation sites excluding steroid dienone is 1. The van der Waals surface area contributed by atoms with Gasteiger partial charge in [0.1, 0.15) is 12.4 Å². The second kappa shape index (κ2) is 6.22. The lowest BCUT2D eigenvalue weighted by molar-refractivity contribution is 0.362. The summed E-state index contributed by atoms with van der Waals surface area (Å²) < 4.78 is 5.46. The van der Waals surface area contributed by atoms with Crippen molar-refractivity contribution in [1.29, 1.82) is 0 Å². The molecule has 0 heterocycles. The van der Waals surface area contributed by atoms with E-state index in [2.05, 4.69) is 12.1 Å². The van der Waals surface area contributed by atoms with E-state index in [0.29, 0.717) is 13.2 Å². The minimum atomic E-state index is 0.632. The molecule has 1 aromatic rings. The lowest BCUT2D eigenvalue weighted by Gasteiger charge is -2.04. The van der Waals surface area contributed by atoms with Crippen molar-refractivity contribution in [3.8, 4) is 5.75 Å². The van der Waals surface area contributed by atoms with E-state index >= 15 is 0 Å². The summed E-state index contributed by atoms with van der Waals surface area (Å²) in [4.78, 5) is 0. The molecule has 0 amide bonds. The highest BCUT2D eigenvalue weighted by atomic mass is 16.5. The molecule has 0 aliphatic heterocycles. The molecule has 0 saturated heterocycles. The SMILES string of the molecule is C/C=C/COc1ccc(CCN)cc1. The lowest BCUT2D eigenvalue weighted by atomic mass is 10.1. The van der Waals surface area contributed by atoms with Crippen molar-refractivity contribution in [3.05, 3.63) is 42.0 Å². The fourth-order valence-corrected chi connectivity index (χ4v) is 1.16. The Morgan fingerprint density at radius 3 is 2.57 bits per heavy atom. The van der Waals surface area contributed by atoms with E-state index in [0.717, 1.165) is 12.2 Å². The largest absolute Gasteiger partial charge is 0.490 e. The molecule has 1 rings (SSSR count). The highest BCUT2D eigenvalue weighted by Crippen LogP contribution is 2.12. The van der Waals surface area contributed by atoms with Crippen molar-refractivity contribution in [1.82, 2.24) is 0 Å². The lowest BCUT2D eigenvalue weighted by Crippen LogP contribution is -2.02. The molecule has 0 fully saturated rings. The van der Waals surface area contributed by atoms with Crippen molar-refractivity contribution in [3.63, 3.8) is 0 Å². The van der Waals surface area contributed by atoms with E-state index in [1.165, 1.54) is 5.56 Å². The summed E-state index contributed by atoms with van der Waals surface area (Å²) >= 11 is 0. The predicted octanol–water partition coefficient (Wildman–Crippen LogP) is 2.14. The van der Waals surface area contributed by atoms with Crippen LogP contribution in [0.5, 0.6) is 5.75 Å². The minimum Gasteiger partial charge on any atom is -0.490 e. The summed E-state index contributed by atoms with van der Waals surface area (Å²) in [6.45, 7) is 3.30. The average Bonchev–Trinajstić information content (AvgIpc) is 2.21. The Morgan fingerprint density at radius 2 is 2.00 bits per heavy atom. The van der Waals surface area contributed by atoms with Gasteiger partial charge in [0.2, 0.25) is 0 Å². The van der Waals surface area contributed by atoms with Crippen LogP contribution in [0.1, 0.15) is 12.5 Å². The van der Waals surface area contributed by atoms with Gasteiger partial charge in [0, 0.05) is 0 Å². The topological polar surface area (TPSA) is 35.2 Å². The number of hydrogen-bond donors (Lipinski definition) is 1. The summed E-state index contributed by atoms with van der Waals surface area (Å²) in [7, 11) is 0. The number of rotatable bonds is 5. The van der Waals surface area contributed by atoms with Crippen molar-refractivity contribution in [2.24, 2.45) is 5.73 Å². The zero-order chi connectivity index (χ0) is 10.2. The van der Waals surface area contributed by atoms with Crippen molar-refractivity contribution < 1.29 is 4.74 Å². The van der Waals surface area contributed by atoms with E-state index in [4.69, 9.17) is 10.5 Å². The molecule has 0 aromatic heterocycles. The molecule has 0 atom stereocenters. The Balaban J connectivity index is 2.46. The van der Waals surface area contributed by atoms with E-state index in [9.17, 15) is 0 Å². The number of hydrogen-bond acceptors (Lipinski definition) is 2. The van der Waals surface area contributed by atoms with Crippen LogP contribution in [0.3, 0.4) is 0 Å². The van der Waals surface area contributed by atoms with E-state index < -0.39 is 0 Å². The van der Waals surface area contributed by atoms with E-state index in [-0.39, 0.29) is 0 Å². The van der Waals surface area contributed by atoms with Crippen molar-refractivity contribution in [2.45, 2.75) is 13.3 Å². The van der Waals surface area contributed by atoms with Gasteiger partial charge in [0.25, 0.3) is 0 Å². The third-order valence-corrected chi connectivity index (χ3v) is 1.94. The van der Waals surface area contributed by atoms with Crippen LogP contribution in [-0.2, 0) is 6.42 Å². The van der Waals surface area contributed by atoms with Gasteiger partial charge in [-0.25, -0.2) is 0 Å². The van der Waals surface area contributed by atoms with Crippen LogP contribution in [0, 0.1) is 0 Å². The molecule has 2 nitrogen and oxygen atoms in total. The van der Waals surface area contributed by atoms with Gasteiger partial charge in [-0.1, -0.05) is 24.3 Å². The van der Waals surface area contributed by atoms with Gasteiger partial charge in [0.05, 0.1) is 0 Å². The third kappa shape index (κ3) is 3.62. The molecule has 14 heavy (non-hydrogen) atoms. The Labute approximate surface area is 85.4 Å². The molecule has 0 spiro atoms.